The second-order valence-corrected chi connectivity index (χ2v) is 5.95. The number of nitrogens with zero attached hydrogens (tertiary/aromatic N) is 4. The molecular formula is C16H15BrN4. The summed E-state index contributed by atoms with van der Waals surface area (Å²) in [5, 5.41) is 18.0. The van der Waals surface area contributed by atoms with E-state index in [1.165, 1.54) is 6.42 Å². The molecule has 106 valence electrons. The number of allylic oxidation sites excluding steroid dienone is 1. The van der Waals surface area contributed by atoms with Crippen molar-refractivity contribution in [2.75, 3.05) is 0 Å². The molecule has 0 N–H and O–H groups in total. The highest BCUT2D eigenvalue weighted by Gasteiger charge is 2.17. The van der Waals surface area contributed by atoms with Crippen LogP contribution in [0.3, 0.4) is 0 Å². The Balaban J connectivity index is 2.04. The van der Waals surface area contributed by atoms with E-state index in [1.54, 1.807) is 0 Å². The number of fused-ring (bicyclic) bond motifs is 1. The number of hydrogen-bond acceptors (Lipinski definition) is 3. The first-order chi connectivity index (χ1) is 10.3. The molecule has 2 aromatic rings. The number of halogens is 1. The highest BCUT2D eigenvalue weighted by molar-refractivity contribution is 9.10. The number of aryl methyl sites for hydroxylation is 1. The topological polar surface area (TPSA) is 54.5 Å². The van der Waals surface area contributed by atoms with Crippen molar-refractivity contribution < 1.29 is 0 Å². The molecule has 0 fully saturated rings. The van der Waals surface area contributed by atoms with E-state index in [9.17, 15) is 5.26 Å². The Bertz CT molecular complexity index is 724. The van der Waals surface area contributed by atoms with Gasteiger partial charge in [-0.25, -0.2) is 0 Å². The highest BCUT2D eigenvalue weighted by atomic mass is 79.9. The van der Waals surface area contributed by atoms with Crippen molar-refractivity contribution >= 4 is 27.6 Å². The minimum absolute atomic E-state index is 0.558. The van der Waals surface area contributed by atoms with Crippen LogP contribution in [0.2, 0.25) is 0 Å². The molecule has 3 rings (SSSR count). The first-order valence-corrected chi connectivity index (χ1v) is 7.87. The number of rotatable bonds is 2. The lowest BCUT2D eigenvalue weighted by atomic mass is 10.1. The first-order valence-electron chi connectivity index (χ1n) is 7.08. The summed E-state index contributed by atoms with van der Waals surface area (Å²) in [6.45, 7) is 0.895. The minimum Gasteiger partial charge on any atom is -0.310 e. The molecule has 4 nitrogen and oxygen atoms in total. The molecule has 0 saturated heterocycles. The summed E-state index contributed by atoms with van der Waals surface area (Å²) in [7, 11) is 0. The number of benzene rings is 1. The smallest absolute Gasteiger partial charge is 0.174 e. The van der Waals surface area contributed by atoms with Gasteiger partial charge in [-0.2, -0.15) is 5.26 Å². The summed E-state index contributed by atoms with van der Waals surface area (Å²) in [6.07, 6.45) is 6.28. The number of nitriles is 1. The van der Waals surface area contributed by atoms with E-state index in [0.717, 1.165) is 41.7 Å². The molecule has 1 aliphatic rings. The van der Waals surface area contributed by atoms with Crippen molar-refractivity contribution in [3.63, 3.8) is 0 Å². The van der Waals surface area contributed by atoms with Crippen LogP contribution < -0.4 is 0 Å². The second kappa shape index (κ2) is 6.23. The normalized spacial score (nSPS) is 15.1. The van der Waals surface area contributed by atoms with Crippen LogP contribution in [-0.4, -0.2) is 14.8 Å². The molecule has 5 heteroatoms. The third kappa shape index (κ3) is 2.91. The van der Waals surface area contributed by atoms with Crippen molar-refractivity contribution in [2.45, 2.75) is 32.2 Å². The van der Waals surface area contributed by atoms with Gasteiger partial charge in [0.15, 0.2) is 5.82 Å². The van der Waals surface area contributed by atoms with Gasteiger partial charge in [-0.3, -0.25) is 0 Å². The molecule has 0 unspecified atom stereocenters. The molecule has 1 aliphatic heterocycles. The fourth-order valence-electron chi connectivity index (χ4n) is 2.58. The average Bonchev–Trinajstić information content (AvgIpc) is 2.75. The molecule has 2 heterocycles. The van der Waals surface area contributed by atoms with Gasteiger partial charge in [0.2, 0.25) is 0 Å². The van der Waals surface area contributed by atoms with E-state index in [1.807, 2.05) is 30.3 Å². The molecule has 0 amide bonds. The van der Waals surface area contributed by atoms with Crippen molar-refractivity contribution in [3.05, 3.63) is 46.0 Å². The maximum absolute atomic E-state index is 9.51. The summed E-state index contributed by atoms with van der Waals surface area (Å²) in [5.74, 6) is 1.68. The molecule has 21 heavy (non-hydrogen) atoms. The number of hydrogen-bond donors (Lipinski definition) is 0. The Hall–Kier alpha value is -1.93. The summed E-state index contributed by atoms with van der Waals surface area (Å²) in [6, 6.07) is 10.1. The van der Waals surface area contributed by atoms with Crippen molar-refractivity contribution in [1.29, 1.82) is 5.26 Å². The summed E-state index contributed by atoms with van der Waals surface area (Å²) in [5.41, 5.74) is 1.53. The summed E-state index contributed by atoms with van der Waals surface area (Å²) < 4.78 is 3.06. The van der Waals surface area contributed by atoms with Gasteiger partial charge in [0.25, 0.3) is 0 Å². The Morgan fingerprint density at radius 2 is 2.10 bits per heavy atom. The Labute approximate surface area is 132 Å². The van der Waals surface area contributed by atoms with Crippen molar-refractivity contribution in [1.82, 2.24) is 14.8 Å². The van der Waals surface area contributed by atoms with Gasteiger partial charge < -0.3 is 4.57 Å². The van der Waals surface area contributed by atoms with E-state index in [0.29, 0.717) is 11.4 Å². The van der Waals surface area contributed by atoms with Gasteiger partial charge in [0.05, 0.1) is 5.57 Å². The van der Waals surface area contributed by atoms with Gasteiger partial charge in [-0.15, -0.1) is 10.2 Å². The predicted molar refractivity (Wildman–Crippen MR) is 85.2 cm³/mol. The van der Waals surface area contributed by atoms with Crippen LogP contribution in [0.1, 0.15) is 36.5 Å². The zero-order valence-electron chi connectivity index (χ0n) is 11.6. The lowest BCUT2D eigenvalue weighted by molar-refractivity contribution is 0.627. The lowest BCUT2D eigenvalue weighted by Crippen LogP contribution is -2.05. The quantitative estimate of drug-likeness (QED) is 0.779. The maximum Gasteiger partial charge on any atom is 0.174 e. The zero-order valence-corrected chi connectivity index (χ0v) is 13.2. The molecule has 1 aromatic heterocycles. The molecule has 0 aliphatic carbocycles. The molecule has 0 radical (unpaired) electrons. The summed E-state index contributed by atoms with van der Waals surface area (Å²) in [4.78, 5) is 0. The van der Waals surface area contributed by atoms with Crippen LogP contribution in [0.5, 0.6) is 0 Å². The van der Waals surface area contributed by atoms with Crippen LogP contribution in [-0.2, 0) is 13.0 Å². The van der Waals surface area contributed by atoms with E-state index in [2.05, 4.69) is 36.8 Å². The molecular weight excluding hydrogens is 328 g/mol. The Kier molecular flexibility index (Phi) is 4.16. The minimum atomic E-state index is 0.558. The van der Waals surface area contributed by atoms with Gasteiger partial charge in [-0.05, 0) is 30.5 Å². The average molecular weight is 343 g/mol. The zero-order chi connectivity index (χ0) is 14.7. The van der Waals surface area contributed by atoms with E-state index in [-0.39, 0.29) is 0 Å². The Morgan fingerprint density at radius 3 is 2.90 bits per heavy atom. The van der Waals surface area contributed by atoms with Crippen molar-refractivity contribution in [2.24, 2.45) is 0 Å². The molecule has 0 spiro atoms. The predicted octanol–water partition coefficient (Wildman–Crippen LogP) is 3.83. The maximum atomic E-state index is 9.51. The van der Waals surface area contributed by atoms with E-state index in [4.69, 9.17) is 0 Å². The summed E-state index contributed by atoms with van der Waals surface area (Å²) >= 11 is 3.51. The lowest BCUT2D eigenvalue weighted by Gasteiger charge is -2.06. The van der Waals surface area contributed by atoms with Crippen molar-refractivity contribution in [3.8, 4) is 6.07 Å². The first kappa shape index (κ1) is 14.0. The monoisotopic (exact) mass is 342 g/mol. The molecule has 0 saturated carbocycles. The van der Waals surface area contributed by atoms with Crippen LogP contribution in [0.4, 0.5) is 0 Å². The van der Waals surface area contributed by atoms with Crippen LogP contribution >= 0.6 is 15.9 Å². The van der Waals surface area contributed by atoms with Gasteiger partial charge >= 0.3 is 0 Å². The van der Waals surface area contributed by atoms with Crippen LogP contribution in [0, 0.1) is 11.3 Å². The fourth-order valence-corrected chi connectivity index (χ4v) is 2.98. The molecule has 0 bridgehead atoms. The number of aromatic nitrogens is 3. The second-order valence-electron chi connectivity index (χ2n) is 5.09. The van der Waals surface area contributed by atoms with Crippen LogP contribution in [0.25, 0.3) is 11.6 Å². The third-order valence-electron chi connectivity index (χ3n) is 3.68. The van der Waals surface area contributed by atoms with Crippen LogP contribution in [0.15, 0.2) is 28.7 Å². The highest BCUT2D eigenvalue weighted by Crippen LogP contribution is 2.24. The SMILES string of the molecule is N#C/C(=C\c1ccccc1Br)c1nnc2n1CCCCC2. The van der Waals surface area contributed by atoms with E-state index >= 15 is 0 Å². The van der Waals surface area contributed by atoms with Gasteiger partial charge in [0, 0.05) is 17.4 Å². The standard InChI is InChI=1S/C16H15BrN4/c17-14-7-4-3-6-12(14)10-13(11-18)16-20-19-15-8-2-1-5-9-21(15)16/h3-4,6-7,10H,1-2,5,8-9H2/b13-10+. The largest absolute Gasteiger partial charge is 0.310 e. The molecule has 1 aromatic carbocycles. The van der Waals surface area contributed by atoms with E-state index < -0.39 is 0 Å². The Morgan fingerprint density at radius 1 is 1.24 bits per heavy atom. The molecule has 0 atom stereocenters. The van der Waals surface area contributed by atoms with Gasteiger partial charge in [0.1, 0.15) is 11.9 Å². The fraction of sp³-hybridized carbons (Fsp3) is 0.312. The van der Waals surface area contributed by atoms with Gasteiger partial charge in [-0.1, -0.05) is 40.5 Å². The third-order valence-corrected chi connectivity index (χ3v) is 4.40.